The molecule has 144 valence electrons. The van der Waals surface area contributed by atoms with Gasteiger partial charge in [0, 0.05) is 37.8 Å². The fourth-order valence-electron chi connectivity index (χ4n) is 3.60. The topological polar surface area (TPSA) is 80.9 Å². The van der Waals surface area contributed by atoms with Crippen LogP contribution >= 0.6 is 0 Å². The Balaban J connectivity index is 1.79. The van der Waals surface area contributed by atoms with E-state index in [0.717, 1.165) is 27.5 Å². The number of nitrogens with zero attached hydrogens (tertiary/aromatic N) is 2. The molecule has 3 N–H and O–H groups in total. The summed E-state index contributed by atoms with van der Waals surface area (Å²) in [6.07, 6.45) is 7.39. The number of nitrogens with one attached hydrogen (secondary N) is 1. The zero-order valence-electron chi connectivity index (χ0n) is 16.0. The van der Waals surface area contributed by atoms with Gasteiger partial charge in [-0.1, -0.05) is 48.5 Å². The molecule has 2 aromatic heterocycles. The van der Waals surface area contributed by atoms with E-state index in [1.54, 1.807) is 24.8 Å². The second-order valence-corrected chi connectivity index (χ2v) is 7.08. The van der Waals surface area contributed by atoms with Crippen molar-refractivity contribution in [2.45, 2.75) is 18.5 Å². The van der Waals surface area contributed by atoms with Crippen LogP contribution < -0.4 is 11.1 Å². The Labute approximate surface area is 169 Å². The highest BCUT2D eigenvalue weighted by Gasteiger charge is 2.38. The van der Waals surface area contributed by atoms with E-state index in [1.807, 2.05) is 60.7 Å². The summed E-state index contributed by atoms with van der Waals surface area (Å²) in [5.74, 6) is -0.430. The molecule has 0 spiro atoms. The molecule has 5 nitrogen and oxygen atoms in total. The Morgan fingerprint density at radius 2 is 1.55 bits per heavy atom. The zero-order valence-corrected chi connectivity index (χ0v) is 16.0. The van der Waals surface area contributed by atoms with Crippen LogP contribution in [0.1, 0.15) is 16.7 Å². The Hall–Kier alpha value is -3.57. The fraction of sp³-hybridized carbons (Fsp3) is 0.125. The molecule has 1 amide bonds. The first-order valence-electron chi connectivity index (χ1n) is 9.49. The number of benzene rings is 2. The second-order valence-electron chi connectivity index (χ2n) is 7.08. The van der Waals surface area contributed by atoms with Crippen LogP contribution in [0, 0.1) is 0 Å². The molecule has 29 heavy (non-hydrogen) atoms. The van der Waals surface area contributed by atoms with Crippen LogP contribution in [0.4, 0.5) is 0 Å². The molecule has 0 saturated carbocycles. The van der Waals surface area contributed by atoms with E-state index in [1.165, 1.54) is 0 Å². The summed E-state index contributed by atoms with van der Waals surface area (Å²) in [4.78, 5) is 21.3. The monoisotopic (exact) mass is 382 g/mol. The molecule has 0 bridgehead atoms. The number of carbonyl (C=O) groups excluding carboxylic acids is 1. The minimum Gasteiger partial charge on any atom is -0.368 e. The molecule has 1 atom stereocenters. The Morgan fingerprint density at radius 1 is 0.862 bits per heavy atom. The predicted octanol–water partition coefficient (Wildman–Crippen LogP) is 3.34. The van der Waals surface area contributed by atoms with Crippen LogP contribution in [0.2, 0.25) is 0 Å². The molecule has 5 heteroatoms. The molecule has 0 radical (unpaired) electrons. The van der Waals surface area contributed by atoms with E-state index >= 15 is 0 Å². The molecule has 1 unspecified atom stereocenters. The normalized spacial score (nSPS) is 13.1. The third-order valence-corrected chi connectivity index (χ3v) is 5.17. The molecular formula is C24H22N4O. The maximum absolute atomic E-state index is 12.9. The summed E-state index contributed by atoms with van der Waals surface area (Å²) in [5, 5.41) is 5.61. The quantitative estimate of drug-likeness (QED) is 0.514. The average molecular weight is 382 g/mol. The van der Waals surface area contributed by atoms with Gasteiger partial charge in [-0.05, 0) is 45.7 Å². The van der Waals surface area contributed by atoms with Gasteiger partial charge in [0.15, 0.2) is 0 Å². The molecule has 2 heterocycles. The number of primary amides is 1. The van der Waals surface area contributed by atoms with Crippen molar-refractivity contribution >= 4 is 16.7 Å². The lowest BCUT2D eigenvalue weighted by molar-refractivity contribution is -0.125. The number of nitrogens with two attached hydrogens (primary N) is 1. The van der Waals surface area contributed by atoms with Gasteiger partial charge in [-0.3, -0.25) is 20.1 Å². The van der Waals surface area contributed by atoms with Crippen molar-refractivity contribution in [3.63, 3.8) is 0 Å². The maximum Gasteiger partial charge on any atom is 0.242 e. The van der Waals surface area contributed by atoms with Gasteiger partial charge in [0.25, 0.3) is 0 Å². The third kappa shape index (κ3) is 4.00. The van der Waals surface area contributed by atoms with Crippen LogP contribution in [0.3, 0.4) is 0 Å². The summed E-state index contributed by atoms with van der Waals surface area (Å²) in [6.45, 7) is 0.462. The molecule has 0 aliphatic heterocycles. The van der Waals surface area contributed by atoms with Gasteiger partial charge >= 0.3 is 0 Å². The van der Waals surface area contributed by atoms with Crippen LogP contribution in [-0.4, -0.2) is 15.9 Å². The lowest BCUT2D eigenvalue weighted by Gasteiger charge is -2.33. The van der Waals surface area contributed by atoms with E-state index < -0.39 is 11.4 Å². The van der Waals surface area contributed by atoms with Crippen molar-refractivity contribution in [2.75, 3.05) is 0 Å². The number of hydrogen-bond acceptors (Lipinski definition) is 4. The largest absolute Gasteiger partial charge is 0.368 e. The molecule has 0 saturated heterocycles. The molecule has 2 aromatic carbocycles. The summed E-state index contributed by atoms with van der Waals surface area (Å²) < 4.78 is 0. The highest BCUT2D eigenvalue weighted by molar-refractivity contribution is 5.90. The van der Waals surface area contributed by atoms with Crippen molar-refractivity contribution in [1.82, 2.24) is 15.3 Å². The van der Waals surface area contributed by atoms with E-state index in [9.17, 15) is 4.79 Å². The van der Waals surface area contributed by atoms with Gasteiger partial charge in [0.1, 0.15) is 5.54 Å². The maximum atomic E-state index is 12.9. The SMILES string of the molecule is NC(=O)C(Cc1cccnc1)(NCc1cccnc1)c1ccc2ccccc2c1. The van der Waals surface area contributed by atoms with E-state index in [4.69, 9.17) is 5.73 Å². The van der Waals surface area contributed by atoms with Gasteiger partial charge in [-0.2, -0.15) is 0 Å². The Morgan fingerprint density at radius 3 is 2.21 bits per heavy atom. The third-order valence-electron chi connectivity index (χ3n) is 5.17. The highest BCUT2D eigenvalue weighted by atomic mass is 16.1. The van der Waals surface area contributed by atoms with Crippen LogP contribution in [0.5, 0.6) is 0 Å². The number of carbonyl (C=O) groups is 1. The molecule has 4 aromatic rings. The van der Waals surface area contributed by atoms with Crippen LogP contribution in [-0.2, 0) is 23.3 Å². The van der Waals surface area contributed by atoms with Gasteiger partial charge in [0.2, 0.25) is 5.91 Å². The highest BCUT2D eigenvalue weighted by Crippen LogP contribution is 2.29. The average Bonchev–Trinajstić information content (AvgIpc) is 2.77. The minimum atomic E-state index is -1.08. The smallest absolute Gasteiger partial charge is 0.242 e. The number of pyridine rings is 2. The summed E-state index contributed by atoms with van der Waals surface area (Å²) in [5.41, 5.74) is 7.68. The second kappa shape index (κ2) is 8.20. The van der Waals surface area contributed by atoms with E-state index in [-0.39, 0.29) is 0 Å². The Bertz CT molecular complexity index is 1120. The lowest BCUT2D eigenvalue weighted by Crippen LogP contribution is -2.54. The van der Waals surface area contributed by atoms with Crippen molar-refractivity contribution in [1.29, 1.82) is 0 Å². The van der Waals surface area contributed by atoms with Gasteiger partial charge in [-0.15, -0.1) is 0 Å². The number of aromatic nitrogens is 2. The van der Waals surface area contributed by atoms with E-state index in [2.05, 4.69) is 21.4 Å². The minimum absolute atomic E-state index is 0.398. The first-order valence-corrected chi connectivity index (χ1v) is 9.49. The molecule has 4 rings (SSSR count). The zero-order chi connectivity index (χ0) is 20.1. The molecule has 0 aliphatic carbocycles. The number of fused-ring (bicyclic) bond motifs is 1. The summed E-state index contributed by atoms with van der Waals surface area (Å²) >= 11 is 0. The van der Waals surface area contributed by atoms with E-state index in [0.29, 0.717) is 13.0 Å². The van der Waals surface area contributed by atoms with Crippen molar-refractivity contribution in [3.05, 3.63) is 108 Å². The predicted molar refractivity (Wildman–Crippen MR) is 114 cm³/mol. The summed E-state index contributed by atoms with van der Waals surface area (Å²) in [6, 6.07) is 21.8. The molecular weight excluding hydrogens is 360 g/mol. The van der Waals surface area contributed by atoms with Crippen LogP contribution in [0.15, 0.2) is 91.5 Å². The standard InChI is InChI=1S/C24H22N4O/c25-23(29)24(14-18-5-3-11-26-15-18,28-17-19-6-4-12-27-16-19)22-10-9-20-7-1-2-8-21(20)13-22/h1-13,15-16,28H,14,17H2,(H2,25,29). The Kier molecular flexibility index (Phi) is 5.31. The van der Waals surface area contributed by atoms with Gasteiger partial charge in [-0.25, -0.2) is 0 Å². The molecule has 0 aliphatic rings. The number of hydrogen-bond donors (Lipinski definition) is 2. The van der Waals surface area contributed by atoms with Gasteiger partial charge in [0.05, 0.1) is 0 Å². The number of amides is 1. The van der Waals surface area contributed by atoms with Crippen molar-refractivity contribution in [3.8, 4) is 0 Å². The lowest BCUT2D eigenvalue weighted by atomic mass is 9.82. The first kappa shape index (κ1) is 18.8. The summed E-state index contributed by atoms with van der Waals surface area (Å²) in [7, 11) is 0. The van der Waals surface area contributed by atoms with Gasteiger partial charge < -0.3 is 5.73 Å². The van der Waals surface area contributed by atoms with Crippen molar-refractivity contribution < 1.29 is 4.79 Å². The number of rotatable bonds is 7. The first-order chi connectivity index (χ1) is 14.2. The van der Waals surface area contributed by atoms with Crippen molar-refractivity contribution in [2.24, 2.45) is 5.73 Å². The van der Waals surface area contributed by atoms with Crippen LogP contribution in [0.25, 0.3) is 10.8 Å². The molecule has 0 fully saturated rings. The fourth-order valence-corrected chi connectivity index (χ4v) is 3.60.